The maximum atomic E-state index is 13.9. The third-order valence-corrected chi connectivity index (χ3v) is 7.69. The first-order valence-corrected chi connectivity index (χ1v) is 14.2. The third-order valence-electron chi connectivity index (χ3n) is 7.69. The number of likely N-dealkylation sites (tertiary alicyclic amines) is 1. The second kappa shape index (κ2) is 12.9. The van der Waals surface area contributed by atoms with Crippen molar-refractivity contribution in [1.29, 1.82) is 0 Å². The summed E-state index contributed by atoms with van der Waals surface area (Å²) in [7, 11) is 1.68. The first-order chi connectivity index (χ1) is 19.9. The first-order valence-electron chi connectivity index (χ1n) is 14.2. The number of halogens is 2. The highest BCUT2D eigenvalue weighted by Crippen LogP contribution is 2.27. The molecule has 0 spiro atoms. The van der Waals surface area contributed by atoms with Crippen molar-refractivity contribution in [3.05, 3.63) is 65.7 Å². The summed E-state index contributed by atoms with van der Waals surface area (Å²) >= 11 is 0. The molecule has 3 aromatic rings. The monoisotopic (exact) mass is 583 g/mol. The number of amides is 3. The van der Waals surface area contributed by atoms with E-state index >= 15 is 0 Å². The van der Waals surface area contributed by atoms with E-state index in [9.17, 15) is 23.2 Å². The SMILES string of the molecule is CN[C@@H](C)C(=O)N[C@H](C(=O)N1CCC[C@H]1CN(CCc1ccc(F)cc1)C(=O)c1cn2cc(F)cnc2n1)C(C)(C)C. The van der Waals surface area contributed by atoms with Gasteiger partial charge in [-0.05, 0) is 56.3 Å². The van der Waals surface area contributed by atoms with Crippen LogP contribution in [0.1, 0.15) is 56.6 Å². The number of rotatable bonds is 10. The van der Waals surface area contributed by atoms with Crippen LogP contribution in [-0.4, -0.2) is 86.7 Å². The van der Waals surface area contributed by atoms with Crippen molar-refractivity contribution < 1.29 is 23.2 Å². The van der Waals surface area contributed by atoms with E-state index in [4.69, 9.17) is 0 Å². The Kier molecular flexibility index (Phi) is 9.55. The minimum atomic E-state index is -0.760. The lowest BCUT2D eigenvalue weighted by Crippen LogP contribution is -2.59. The molecule has 2 aromatic heterocycles. The Hall–Kier alpha value is -3.93. The van der Waals surface area contributed by atoms with E-state index in [2.05, 4.69) is 20.6 Å². The Morgan fingerprint density at radius 3 is 2.50 bits per heavy atom. The summed E-state index contributed by atoms with van der Waals surface area (Å²) in [6, 6.07) is 4.57. The number of benzene rings is 1. The summed E-state index contributed by atoms with van der Waals surface area (Å²) < 4.78 is 28.6. The molecule has 4 rings (SSSR count). The van der Waals surface area contributed by atoms with Gasteiger partial charge in [-0.25, -0.2) is 18.7 Å². The summed E-state index contributed by atoms with van der Waals surface area (Å²) in [5, 5.41) is 5.82. The molecule has 3 atom stereocenters. The average Bonchev–Trinajstić information content (AvgIpc) is 3.59. The zero-order valence-corrected chi connectivity index (χ0v) is 24.7. The van der Waals surface area contributed by atoms with Gasteiger partial charge in [0.05, 0.1) is 12.2 Å². The van der Waals surface area contributed by atoms with Crippen LogP contribution >= 0.6 is 0 Å². The Bertz CT molecular complexity index is 1420. The Morgan fingerprint density at radius 1 is 1.12 bits per heavy atom. The van der Waals surface area contributed by atoms with Gasteiger partial charge in [-0.1, -0.05) is 32.9 Å². The van der Waals surface area contributed by atoms with Crippen LogP contribution in [0.3, 0.4) is 0 Å². The molecule has 0 aliphatic carbocycles. The van der Waals surface area contributed by atoms with Gasteiger partial charge >= 0.3 is 0 Å². The maximum Gasteiger partial charge on any atom is 0.274 e. The molecule has 10 nitrogen and oxygen atoms in total. The summed E-state index contributed by atoms with van der Waals surface area (Å²) in [5.74, 6) is -1.56. The van der Waals surface area contributed by atoms with Gasteiger partial charge in [0.2, 0.25) is 17.6 Å². The zero-order valence-electron chi connectivity index (χ0n) is 24.7. The van der Waals surface area contributed by atoms with Gasteiger partial charge in [-0.3, -0.25) is 18.8 Å². The van der Waals surface area contributed by atoms with Crippen LogP contribution in [0.15, 0.2) is 42.9 Å². The lowest BCUT2D eigenvalue weighted by atomic mass is 9.85. The minimum Gasteiger partial charge on any atom is -0.342 e. The summed E-state index contributed by atoms with van der Waals surface area (Å²) in [6.07, 6.45) is 5.56. The largest absolute Gasteiger partial charge is 0.342 e. The molecular formula is C30H39F2N7O3. The van der Waals surface area contributed by atoms with Crippen molar-refractivity contribution in [2.45, 2.75) is 65.1 Å². The Labute approximate surface area is 244 Å². The van der Waals surface area contributed by atoms with E-state index < -0.39 is 23.3 Å². The van der Waals surface area contributed by atoms with E-state index in [0.717, 1.165) is 18.2 Å². The minimum absolute atomic E-state index is 0.101. The van der Waals surface area contributed by atoms with Gasteiger partial charge in [-0.15, -0.1) is 0 Å². The van der Waals surface area contributed by atoms with Crippen molar-refractivity contribution in [1.82, 2.24) is 34.8 Å². The number of hydrogen-bond acceptors (Lipinski definition) is 6. The predicted octanol–water partition coefficient (Wildman–Crippen LogP) is 2.82. The Balaban J connectivity index is 1.58. The van der Waals surface area contributed by atoms with E-state index in [1.165, 1.54) is 28.9 Å². The molecule has 1 fully saturated rings. The summed E-state index contributed by atoms with van der Waals surface area (Å²) in [5.41, 5.74) is 0.398. The van der Waals surface area contributed by atoms with E-state index in [1.54, 1.807) is 35.9 Å². The third kappa shape index (κ3) is 7.28. The maximum absolute atomic E-state index is 13.9. The fourth-order valence-electron chi connectivity index (χ4n) is 5.10. The molecule has 0 bridgehead atoms. The molecule has 3 heterocycles. The summed E-state index contributed by atoms with van der Waals surface area (Å²) in [4.78, 5) is 52.1. The van der Waals surface area contributed by atoms with Crippen molar-refractivity contribution in [2.75, 3.05) is 26.7 Å². The number of carbonyl (C=O) groups excluding carboxylic acids is 3. The van der Waals surface area contributed by atoms with Gasteiger partial charge in [0, 0.05) is 38.1 Å². The van der Waals surface area contributed by atoms with E-state index in [-0.39, 0.29) is 54.1 Å². The number of fused-ring (bicyclic) bond motifs is 1. The molecule has 3 amide bonds. The topological polar surface area (TPSA) is 112 Å². The molecule has 1 aliphatic heterocycles. The first kappa shape index (κ1) is 31.0. The van der Waals surface area contributed by atoms with Crippen LogP contribution in [-0.2, 0) is 16.0 Å². The fourth-order valence-corrected chi connectivity index (χ4v) is 5.10. The molecule has 2 N–H and O–H groups in total. The second-order valence-corrected chi connectivity index (χ2v) is 11.9. The number of carbonyl (C=O) groups is 3. The molecular weight excluding hydrogens is 544 g/mol. The lowest BCUT2D eigenvalue weighted by Gasteiger charge is -2.37. The molecule has 42 heavy (non-hydrogen) atoms. The van der Waals surface area contributed by atoms with Crippen LogP contribution < -0.4 is 10.6 Å². The number of hydrogen-bond donors (Lipinski definition) is 2. The number of imidazole rings is 1. The van der Waals surface area contributed by atoms with Crippen LogP contribution in [0.5, 0.6) is 0 Å². The van der Waals surface area contributed by atoms with Gasteiger partial charge in [-0.2, -0.15) is 0 Å². The van der Waals surface area contributed by atoms with Crippen LogP contribution in [0.2, 0.25) is 0 Å². The highest BCUT2D eigenvalue weighted by Gasteiger charge is 2.41. The Morgan fingerprint density at radius 2 is 1.83 bits per heavy atom. The van der Waals surface area contributed by atoms with Gasteiger partial charge in [0.1, 0.15) is 17.6 Å². The van der Waals surface area contributed by atoms with Gasteiger partial charge in [0.25, 0.3) is 5.91 Å². The summed E-state index contributed by atoms with van der Waals surface area (Å²) in [6.45, 7) is 8.48. The molecule has 0 saturated carbocycles. The quantitative estimate of drug-likeness (QED) is 0.380. The number of nitrogens with one attached hydrogen (secondary N) is 2. The highest BCUT2D eigenvalue weighted by molar-refractivity contribution is 5.93. The zero-order chi connectivity index (χ0) is 30.6. The van der Waals surface area contributed by atoms with Gasteiger partial charge < -0.3 is 20.4 Å². The van der Waals surface area contributed by atoms with Crippen molar-refractivity contribution in [2.24, 2.45) is 5.41 Å². The highest BCUT2D eigenvalue weighted by atomic mass is 19.1. The predicted molar refractivity (Wildman–Crippen MR) is 154 cm³/mol. The molecule has 1 aliphatic rings. The average molecular weight is 584 g/mol. The molecule has 12 heteroatoms. The number of likely N-dealkylation sites (N-methyl/N-ethyl adjacent to an activating group) is 1. The lowest BCUT2D eigenvalue weighted by molar-refractivity contribution is -0.140. The molecule has 1 saturated heterocycles. The van der Waals surface area contributed by atoms with E-state index in [1.807, 2.05) is 20.8 Å². The number of aromatic nitrogens is 3. The molecule has 1 aromatic carbocycles. The number of nitrogens with zero attached hydrogens (tertiary/aromatic N) is 5. The van der Waals surface area contributed by atoms with Gasteiger partial charge in [0.15, 0.2) is 5.82 Å². The second-order valence-electron chi connectivity index (χ2n) is 11.9. The molecule has 226 valence electrons. The standard InChI is InChI=1S/C30H39F2N7O3/c1-19(33-5)26(40)36-25(30(2,3)4)28(42)39-13-6-7-23(39)17-37(14-12-20-8-10-21(31)11-9-20)27(41)24-18-38-16-22(32)15-34-29(38)35-24/h8-11,15-16,18-19,23,25,33H,6-7,12-14,17H2,1-5H3,(H,36,40)/t19-,23-,25+/m0/s1. The van der Waals surface area contributed by atoms with Crippen molar-refractivity contribution >= 4 is 23.5 Å². The fraction of sp³-hybridized carbons (Fsp3) is 0.500. The van der Waals surface area contributed by atoms with Crippen LogP contribution in [0.4, 0.5) is 8.78 Å². The normalized spacial score (nSPS) is 16.8. The van der Waals surface area contributed by atoms with E-state index in [0.29, 0.717) is 19.4 Å². The van der Waals surface area contributed by atoms with Crippen LogP contribution in [0.25, 0.3) is 5.78 Å². The van der Waals surface area contributed by atoms with Crippen molar-refractivity contribution in [3.63, 3.8) is 0 Å². The molecule has 0 unspecified atom stereocenters. The van der Waals surface area contributed by atoms with Crippen LogP contribution in [0, 0.1) is 17.0 Å². The molecule has 0 radical (unpaired) electrons. The smallest absolute Gasteiger partial charge is 0.274 e. The van der Waals surface area contributed by atoms with Crippen molar-refractivity contribution in [3.8, 4) is 0 Å².